The van der Waals surface area contributed by atoms with Gasteiger partial charge in [-0.1, -0.05) is 0 Å². The number of aromatic nitrogens is 2. The second-order valence-electron chi connectivity index (χ2n) is 4.35. The van der Waals surface area contributed by atoms with E-state index in [1.165, 1.54) is 0 Å². The van der Waals surface area contributed by atoms with Crippen LogP contribution in [-0.2, 0) is 0 Å². The molecule has 0 amide bonds. The van der Waals surface area contributed by atoms with Crippen LogP contribution in [0.15, 0.2) is 23.5 Å². The number of aliphatic imine (C=N–C) groups is 1. The van der Waals surface area contributed by atoms with Crippen LogP contribution in [0, 0.1) is 0 Å². The Morgan fingerprint density at radius 3 is 2.47 bits per heavy atom. The Morgan fingerprint density at radius 1 is 1.21 bits per heavy atom. The first-order valence-corrected chi connectivity index (χ1v) is 6.90. The number of guanidine groups is 1. The Labute approximate surface area is 114 Å². The second-order valence-corrected chi connectivity index (χ2v) is 4.35. The fourth-order valence-corrected chi connectivity index (χ4v) is 2.15. The summed E-state index contributed by atoms with van der Waals surface area (Å²) in [5.74, 6) is 1.83. The molecule has 1 saturated heterocycles. The van der Waals surface area contributed by atoms with Crippen molar-refractivity contribution in [2.24, 2.45) is 4.99 Å². The number of piperazine rings is 1. The number of rotatable bonds is 3. The van der Waals surface area contributed by atoms with Gasteiger partial charge < -0.3 is 15.1 Å². The van der Waals surface area contributed by atoms with Gasteiger partial charge in [-0.15, -0.1) is 0 Å². The molecule has 1 aromatic heterocycles. The van der Waals surface area contributed by atoms with Crippen molar-refractivity contribution in [1.82, 2.24) is 20.2 Å². The molecule has 1 N–H and O–H groups in total. The van der Waals surface area contributed by atoms with E-state index in [0.717, 1.165) is 51.2 Å². The fourth-order valence-electron chi connectivity index (χ4n) is 2.15. The van der Waals surface area contributed by atoms with E-state index >= 15 is 0 Å². The molecule has 0 aromatic carbocycles. The molecule has 2 rings (SSSR count). The van der Waals surface area contributed by atoms with Gasteiger partial charge in [-0.25, -0.2) is 9.97 Å². The molecule has 0 bridgehead atoms. The van der Waals surface area contributed by atoms with Crippen LogP contribution < -0.4 is 10.2 Å². The predicted molar refractivity (Wildman–Crippen MR) is 77.5 cm³/mol. The average Bonchev–Trinajstić information content (AvgIpc) is 2.48. The minimum absolute atomic E-state index is 0.810. The molecule has 1 aliphatic rings. The number of hydrogen-bond acceptors (Lipinski definition) is 4. The Bertz CT molecular complexity index is 397. The van der Waals surface area contributed by atoms with Gasteiger partial charge in [0, 0.05) is 51.7 Å². The Morgan fingerprint density at radius 2 is 1.89 bits per heavy atom. The zero-order chi connectivity index (χ0) is 13.5. The summed E-state index contributed by atoms with van der Waals surface area (Å²) in [4.78, 5) is 17.6. The first-order chi connectivity index (χ1) is 9.35. The third kappa shape index (κ3) is 3.56. The minimum Gasteiger partial charge on any atom is -0.357 e. The van der Waals surface area contributed by atoms with Gasteiger partial charge in [0.2, 0.25) is 5.95 Å². The molecule has 104 valence electrons. The number of hydrogen-bond donors (Lipinski definition) is 1. The molecule has 0 atom stereocenters. The Balaban J connectivity index is 1.93. The van der Waals surface area contributed by atoms with E-state index in [0.29, 0.717) is 0 Å². The van der Waals surface area contributed by atoms with Crippen molar-refractivity contribution in [1.29, 1.82) is 0 Å². The fraction of sp³-hybridized carbons (Fsp3) is 0.615. The summed E-state index contributed by atoms with van der Waals surface area (Å²) in [6, 6.07) is 1.84. The predicted octanol–water partition coefficient (Wildman–Crippen LogP) is 0.584. The molecular weight excluding hydrogens is 240 g/mol. The second kappa shape index (κ2) is 6.92. The standard InChI is InChI=1S/C13H22N6/c1-3-14-12(15-4-2)18-8-10-19(11-9-18)13-16-6-5-7-17-13/h5-7H,3-4,8-11H2,1-2H3,(H,14,15). The van der Waals surface area contributed by atoms with Crippen molar-refractivity contribution >= 4 is 11.9 Å². The van der Waals surface area contributed by atoms with Crippen molar-refractivity contribution < 1.29 is 0 Å². The third-order valence-electron chi connectivity index (χ3n) is 3.06. The van der Waals surface area contributed by atoms with Crippen LogP contribution in [0.4, 0.5) is 5.95 Å². The molecule has 0 spiro atoms. The lowest BCUT2D eigenvalue weighted by molar-refractivity contribution is 0.370. The first-order valence-electron chi connectivity index (χ1n) is 6.90. The van der Waals surface area contributed by atoms with E-state index in [4.69, 9.17) is 0 Å². The van der Waals surface area contributed by atoms with Crippen LogP contribution in [0.2, 0.25) is 0 Å². The highest BCUT2D eigenvalue weighted by atomic mass is 15.4. The van der Waals surface area contributed by atoms with Gasteiger partial charge >= 0.3 is 0 Å². The smallest absolute Gasteiger partial charge is 0.225 e. The monoisotopic (exact) mass is 262 g/mol. The average molecular weight is 262 g/mol. The van der Waals surface area contributed by atoms with E-state index in [2.05, 4.69) is 43.9 Å². The summed E-state index contributed by atoms with van der Waals surface area (Å²) in [6.45, 7) is 9.63. The van der Waals surface area contributed by atoms with Crippen LogP contribution in [0.5, 0.6) is 0 Å². The molecule has 0 unspecified atom stereocenters. The summed E-state index contributed by atoms with van der Waals surface area (Å²) in [5.41, 5.74) is 0. The zero-order valence-corrected chi connectivity index (χ0v) is 11.7. The summed E-state index contributed by atoms with van der Waals surface area (Å²) < 4.78 is 0. The van der Waals surface area contributed by atoms with Crippen LogP contribution in [0.25, 0.3) is 0 Å². The summed E-state index contributed by atoms with van der Waals surface area (Å²) in [6.07, 6.45) is 3.58. The van der Waals surface area contributed by atoms with Crippen molar-refractivity contribution in [2.75, 3.05) is 44.2 Å². The van der Waals surface area contributed by atoms with E-state index < -0.39 is 0 Å². The van der Waals surface area contributed by atoms with Gasteiger partial charge in [0.1, 0.15) is 0 Å². The topological polar surface area (TPSA) is 56.7 Å². The maximum atomic E-state index is 4.52. The Hall–Kier alpha value is -1.85. The molecule has 0 radical (unpaired) electrons. The van der Waals surface area contributed by atoms with Crippen LogP contribution in [0.1, 0.15) is 13.8 Å². The number of nitrogens with one attached hydrogen (secondary N) is 1. The molecule has 1 aromatic rings. The molecule has 1 aliphatic heterocycles. The Kier molecular flexibility index (Phi) is 4.94. The lowest BCUT2D eigenvalue weighted by Gasteiger charge is -2.36. The van der Waals surface area contributed by atoms with Crippen molar-refractivity contribution in [2.45, 2.75) is 13.8 Å². The quantitative estimate of drug-likeness (QED) is 0.638. The normalized spacial score (nSPS) is 16.6. The van der Waals surface area contributed by atoms with E-state index in [-0.39, 0.29) is 0 Å². The number of nitrogens with zero attached hydrogens (tertiary/aromatic N) is 5. The van der Waals surface area contributed by atoms with Gasteiger partial charge in [0.05, 0.1) is 0 Å². The molecule has 6 heteroatoms. The van der Waals surface area contributed by atoms with Crippen LogP contribution in [0.3, 0.4) is 0 Å². The molecule has 0 aliphatic carbocycles. The SMILES string of the molecule is CCN=C(NCC)N1CCN(c2ncccn2)CC1. The molecular formula is C13H22N6. The molecule has 6 nitrogen and oxygen atoms in total. The van der Waals surface area contributed by atoms with E-state index in [9.17, 15) is 0 Å². The molecule has 1 fully saturated rings. The van der Waals surface area contributed by atoms with E-state index in [1.54, 1.807) is 12.4 Å². The lowest BCUT2D eigenvalue weighted by atomic mass is 10.3. The highest BCUT2D eigenvalue weighted by molar-refractivity contribution is 5.80. The van der Waals surface area contributed by atoms with Gasteiger partial charge in [0.25, 0.3) is 0 Å². The summed E-state index contributed by atoms with van der Waals surface area (Å²) in [5, 5.41) is 3.33. The summed E-state index contributed by atoms with van der Waals surface area (Å²) in [7, 11) is 0. The summed E-state index contributed by atoms with van der Waals surface area (Å²) >= 11 is 0. The van der Waals surface area contributed by atoms with Crippen LogP contribution >= 0.6 is 0 Å². The van der Waals surface area contributed by atoms with Crippen molar-refractivity contribution in [3.8, 4) is 0 Å². The molecule has 19 heavy (non-hydrogen) atoms. The van der Waals surface area contributed by atoms with Gasteiger partial charge in [-0.05, 0) is 19.9 Å². The maximum Gasteiger partial charge on any atom is 0.225 e. The minimum atomic E-state index is 0.810. The first kappa shape index (κ1) is 13.6. The maximum absolute atomic E-state index is 4.52. The van der Waals surface area contributed by atoms with Crippen LogP contribution in [-0.4, -0.2) is 60.1 Å². The van der Waals surface area contributed by atoms with E-state index in [1.807, 2.05) is 6.07 Å². The highest BCUT2D eigenvalue weighted by Crippen LogP contribution is 2.09. The largest absolute Gasteiger partial charge is 0.357 e. The van der Waals surface area contributed by atoms with Gasteiger partial charge in [0.15, 0.2) is 5.96 Å². The number of anilines is 1. The zero-order valence-electron chi connectivity index (χ0n) is 11.7. The third-order valence-corrected chi connectivity index (χ3v) is 3.06. The lowest BCUT2D eigenvalue weighted by Crippen LogP contribution is -2.53. The van der Waals surface area contributed by atoms with Gasteiger partial charge in [-0.3, -0.25) is 4.99 Å². The highest BCUT2D eigenvalue weighted by Gasteiger charge is 2.20. The molecule has 0 saturated carbocycles. The van der Waals surface area contributed by atoms with Gasteiger partial charge in [-0.2, -0.15) is 0 Å². The van der Waals surface area contributed by atoms with Crippen molar-refractivity contribution in [3.63, 3.8) is 0 Å². The van der Waals surface area contributed by atoms with Crippen molar-refractivity contribution in [3.05, 3.63) is 18.5 Å². The molecule has 2 heterocycles.